The highest BCUT2D eigenvalue weighted by atomic mass is 16.5. The summed E-state index contributed by atoms with van der Waals surface area (Å²) in [5.41, 5.74) is 4.33. The maximum Gasteiger partial charge on any atom is 0.260 e. The molecule has 3 aromatic carbocycles. The number of fused-ring (bicyclic) bond motifs is 6. The summed E-state index contributed by atoms with van der Waals surface area (Å²) in [4.78, 5) is 43.3. The molecule has 36 heavy (non-hydrogen) atoms. The van der Waals surface area contributed by atoms with Gasteiger partial charge in [0.25, 0.3) is 11.8 Å². The number of nitrogens with zero attached hydrogens (tertiary/aromatic N) is 2. The minimum absolute atomic E-state index is 0.172. The number of hydrogen-bond acceptors (Lipinski definition) is 5. The zero-order valence-corrected chi connectivity index (χ0v) is 20.0. The lowest BCUT2D eigenvalue weighted by atomic mass is 10.0. The van der Waals surface area contributed by atoms with E-state index < -0.39 is 6.17 Å². The van der Waals surface area contributed by atoms with Gasteiger partial charge in [-0.05, 0) is 54.3 Å². The number of aryl methyl sites for hydroxylation is 1. The van der Waals surface area contributed by atoms with E-state index in [-0.39, 0.29) is 30.3 Å². The number of benzene rings is 3. The molecule has 0 fully saturated rings. The lowest BCUT2D eigenvalue weighted by Crippen LogP contribution is -2.51. The SMILES string of the molecule is COc1cc2c(cc1OC)[C@@H](NC(=O)CN1C(=O)c3ccccc3N3C(=O)c4ccccc4[C@H]13)CC2. The van der Waals surface area contributed by atoms with Crippen molar-refractivity contribution in [3.8, 4) is 11.5 Å². The Balaban J connectivity index is 1.30. The Labute approximate surface area is 208 Å². The van der Waals surface area contributed by atoms with Crippen molar-refractivity contribution in [3.05, 3.63) is 88.5 Å². The van der Waals surface area contributed by atoms with Gasteiger partial charge in [-0.15, -0.1) is 0 Å². The van der Waals surface area contributed by atoms with Crippen LogP contribution in [0.15, 0.2) is 60.7 Å². The molecule has 0 unspecified atom stereocenters. The molecule has 8 nitrogen and oxygen atoms in total. The summed E-state index contributed by atoms with van der Waals surface area (Å²) in [5.74, 6) is 0.533. The van der Waals surface area contributed by atoms with Crippen LogP contribution in [-0.4, -0.2) is 43.4 Å². The van der Waals surface area contributed by atoms with E-state index in [2.05, 4.69) is 5.32 Å². The number of carbonyl (C=O) groups excluding carboxylic acids is 3. The number of ether oxygens (including phenoxy) is 2. The molecule has 2 atom stereocenters. The Morgan fingerprint density at radius 2 is 1.61 bits per heavy atom. The highest BCUT2D eigenvalue weighted by Crippen LogP contribution is 2.45. The maximum absolute atomic E-state index is 13.6. The summed E-state index contributed by atoms with van der Waals surface area (Å²) in [6.45, 7) is -0.172. The molecular formula is C28H25N3O5. The van der Waals surface area contributed by atoms with E-state index >= 15 is 0 Å². The van der Waals surface area contributed by atoms with Gasteiger partial charge in [0, 0.05) is 11.1 Å². The molecule has 3 aromatic rings. The number of para-hydroxylation sites is 1. The summed E-state index contributed by atoms with van der Waals surface area (Å²) >= 11 is 0. The largest absolute Gasteiger partial charge is 0.493 e. The van der Waals surface area contributed by atoms with Gasteiger partial charge in [0.1, 0.15) is 12.7 Å². The molecule has 1 aliphatic carbocycles. The van der Waals surface area contributed by atoms with Gasteiger partial charge < -0.3 is 19.7 Å². The monoisotopic (exact) mass is 483 g/mol. The first-order chi connectivity index (χ1) is 17.5. The van der Waals surface area contributed by atoms with Gasteiger partial charge >= 0.3 is 0 Å². The lowest BCUT2D eigenvalue weighted by molar-refractivity contribution is -0.123. The molecule has 182 valence electrons. The Kier molecular flexibility index (Phi) is 5.17. The third-order valence-electron chi connectivity index (χ3n) is 7.26. The predicted octanol–water partition coefficient (Wildman–Crippen LogP) is 3.62. The number of carbonyl (C=O) groups is 3. The number of amides is 3. The van der Waals surface area contributed by atoms with Crippen LogP contribution in [0.5, 0.6) is 11.5 Å². The smallest absolute Gasteiger partial charge is 0.260 e. The van der Waals surface area contributed by atoms with Crippen LogP contribution in [0.2, 0.25) is 0 Å². The number of nitrogens with one attached hydrogen (secondary N) is 1. The van der Waals surface area contributed by atoms with E-state index in [4.69, 9.17) is 9.47 Å². The van der Waals surface area contributed by atoms with Gasteiger partial charge in [-0.2, -0.15) is 0 Å². The minimum Gasteiger partial charge on any atom is -0.493 e. The van der Waals surface area contributed by atoms with Crippen molar-refractivity contribution in [2.75, 3.05) is 25.7 Å². The topological polar surface area (TPSA) is 88.2 Å². The van der Waals surface area contributed by atoms with Crippen molar-refractivity contribution in [2.24, 2.45) is 0 Å². The molecule has 0 saturated heterocycles. The van der Waals surface area contributed by atoms with Crippen LogP contribution < -0.4 is 19.7 Å². The van der Waals surface area contributed by atoms with E-state index in [9.17, 15) is 14.4 Å². The van der Waals surface area contributed by atoms with Crippen molar-refractivity contribution >= 4 is 23.4 Å². The third kappa shape index (κ3) is 3.25. The first-order valence-electron chi connectivity index (χ1n) is 11.9. The quantitative estimate of drug-likeness (QED) is 0.599. The Morgan fingerprint density at radius 1 is 0.917 bits per heavy atom. The predicted molar refractivity (Wildman–Crippen MR) is 132 cm³/mol. The fraction of sp³-hybridized carbons (Fsp3) is 0.250. The van der Waals surface area contributed by atoms with E-state index in [1.165, 1.54) is 4.90 Å². The molecule has 0 bridgehead atoms. The van der Waals surface area contributed by atoms with Gasteiger partial charge in [-0.25, -0.2) is 0 Å². The van der Waals surface area contributed by atoms with Gasteiger partial charge in [-0.1, -0.05) is 30.3 Å². The fourth-order valence-corrected chi connectivity index (χ4v) is 5.61. The van der Waals surface area contributed by atoms with Gasteiger partial charge in [0.05, 0.1) is 31.5 Å². The second-order valence-corrected chi connectivity index (χ2v) is 9.15. The van der Waals surface area contributed by atoms with Crippen LogP contribution in [0.25, 0.3) is 0 Å². The average Bonchev–Trinajstić information content (AvgIpc) is 3.43. The first kappa shape index (κ1) is 22.2. The number of rotatable bonds is 5. The highest BCUT2D eigenvalue weighted by Gasteiger charge is 2.48. The molecule has 8 heteroatoms. The van der Waals surface area contributed by atoms with E-state index in [0.29, 0.717) is 28.3 Å². The molecule has 0 saturated carbocycles. The van der Waals surface area contributed by atoms with Gasteiger partial charge in [0.2, 0.25) is 5.91 Å². The van der Waals surface area contributed by atoms with Crippen molar-refractivity contribution in [1.82, 2.24) is 10.2 Å². The third-order valence-corrected chi connectivity index (χ3v) is 7.26. The second-order valence-electron chi connectivity index (χ2n) is 9.15. The van der Waals surface area contributed by atoms with Crippen LogP contribution in [0.4, 0.5) is 5.69 Å². The second kappa shape index (κ2) is 8.41. The normalized spacial score (nSPS) is 19.4. The van der Waals surface area contributed by atoms with Gasteiger partial charge in [-0.3, -0.25) is 19.3 Å². The first-order valence-corrected chi connectivity index (χ1v) is 11.9. The minimum atomic E-state index is -0.665. The molecule has 3 aliphatic rings. The summed E-state index contributed by atoms with van der Waals surface area (Å²) in [6, 6.07) is 18.0. The molecular weight excluding hydrogens is 458 g/mol. The number of anilines is 1. The summed E-state index contributed by atoms with van der Waals surface area (Å²) < 4.78 is 10.9. The zero-order valence-electron chi connectivity index (χ0n) is 20.0. The molecule has 2 heterocycles. The van der Waals surface area contributed by atoms with Crippen molar-refractivity contribution in [3.63, 3.8) is 0 Å². The number of hydrogen-bond donors (Lipinski definition) is 1. The molecule has 6 rings (SSSR count). The van der Waals surface area contributed by atoms with Crippen LogP contribution in [0.1, 0.15) is 56.0 Å². The number of methoxy groups -OCH3 is 2. The van der Waals surface area contributed by atoms with Crippen molar-refractivity contribution in [1.29, 1.82) is 0 Å². The van der Waals surface area contributed by atoms with Crippen LogP contribution in [0, 0.1) is 0 Å². The summed E-state index contributed by atoms with van der Waals surface area (Å²) in [7, 11) is 3.18. The molecule has 0 spiro atoms. The van der Waals surface area contributed by atoms with Crippen molar-refractivity contribution < 1.29 is 23.9 Å². The fourth-order valence-electron chi connectivity index (χ4n) is 5.61. The average molecular weight is 484 g/mol. The van der Waals surface area contributed by atoms with Gasteiger partial charge in [0.15, 0.2) is 11.5 Å². The van der Waals surface area contributed by atoms with E-state index in [1.807, 2.05) is 30.3 Å². The lowest BCUT2D eigenvalue weighted by Gasteiger charge is -2.40. The van der Waals surface area contributed by atoms with E-state index in [0.717, 1.165) is 29.5 Å². The molecule has 1 N–H and O–H groups in total. The zero-order chi connectivity index (χ0) is 25.0. The van der Waals surface area contributed by atoms with Crippen molar-refractivity contribution in [2.45, 2.75) is 25.0 Å². The molecule has 3 amide bonds. The summed E-state index contributed by atoms with van der Waals surface area (Å²) in [6.07, 6.45) is 0.877. The van der Waals surface area contributed by atoms with E-state index in [1.54, 1.807) is 49.5 Å². The highest BCUT2D eigenvalue weighted by molar-refractivity contribution is 6.17. The van der Waals surface area contributed by atoms with Crippen LogP contribution >= 0.6 is 0 Å². The molecule has 0 aromatic heterocycles. The Bertz CT molecular complexity index is 1420. The molecule has 0 radical (unpaired) electrons. The standard InChI is InChI=1S/C28H25N3O5/c1-35-23-13-16-11-12-21(20(16)14-24(23)36-2)29-25(32)15-30-26-17-7-3-4-8-18(17)28(34)31(26)22-10-6-5-9-19(22)27(30)33/h3-10,13-14,21,26H,11-12,15H2,1-2H3,(H,29,32)/t21-,26+/m0/s1. The summed E-state index contributed by atoms with van der Waals surface area (Å²) in [5, 5.41) is 3.10. The Hall–Kier alpha value is -4.33. The van der Waals surface area contributed by atoms with Crippen LogP contribution in [0.3, 0.4) is 0 Å². The maximum atomic E-state index is 13.6. The Morgan fingerprint density at radius 3 is 2.39 bits per heavy atom. The molecule has 2 aliphatic heterocycles. The van der Waals surface area contributed by atoms with Crippen LogP contribution in [-0.2, 0) is 11.2 Å².